The summed E-state index contributed by atoms with van der Waals surface area (Å²) in [6.07, 6.45) is 1.04. The fourth-order valence-electron chi connectivity index (χ4n) is 2.50. The highest BCUT2D eigenvalue weighted by atomic mass is 79.9. The van der Waals surface area contributed by atoms with Crippen molar-refractivity contribution in [3.05, 3.63) is 68.7 Å². The van der Waals surface area contributed by atoms with Crippen molar-refractivity contribution >= 4 is 33.4 Å². The molecule has 0 aromatic heterocycles. The molecule has 0 spiro atoms. The molecule has 102 valence electrons. The molecule has 2 aromatic rings. The maximum absolute atomic E-state index is 12.1. The molecule has 1 aliphatic rings. The molecule has 0 fully saturated rings. The zero-order chi connectivity index (χ0) is 14.1. The first kappa shape index (κ1) is 13.7. The maximum Gasteiger partial charge on any atom is 0.251 e. The Hall–Kier alpha value is -1.32. The fourth-order valence-corrected chi connectivity index (χ4v) is 3.00. The first-order valence-corrected chi connectivity index (χ1v) is 7.63. The molecule has 20 heavy (non-hydrogen) atoms. The molecule has 1 atom stereocenters. The zero-order valence-electron chi connectivity index (χ0n) is 10.7. The Morgan fingerprint density at radius 3 is 2.85 bits per heavy atom. The van der Waals surface area contributed by atoms with E-state index in [1.165, 1.54) is 11.1 Å². The normalized spacial score (nSPS) is 16.2. The lowest BCUT2D eigenvalue weighted by Gasteiger charge is -2.30. The second-order valence-electron chi connectivity index (χ2n) is 4.94. The van der Waals surface area contributed by atoms with Crippen LogP contribution in [-0.2, 0) is 6.42 Å². The van der Waals surface area contributed by atoms with Gasteiger partial charge in [-0.15, -0.1) is 0 Å². The molecule has 0 radical (unpaired) electrons. The van der Waals surface area contributed by atoms with Crippen molar-refractivity contribution in [2.45, 2.75) is 12.3 Å². The Kier molecular flexibility index (Phi) is 3.81. The Balaban J connectivity index is 1.62. The molecular formula is C16H13BrClNO. The Labute approximate surface area is 131 Å². The number of fused-ring (bicyclic) bond motifs is 1. The third-order valence-corrected chi connectivity index (χ3v) is 4.87. The standard InChI is InChI=1S/C16H13BrClNO/c17-14-8-11(5-6-15(14)18)16(20)19-9-12-7-10-3-1-2-4-13(10)12/h1-6,8,12H,7,9H2,(H,19,20). The van der Waals surface area contributed by atoms with E-state index in [-0.39, 0.29) is 5.91 Å². The monoisotopic (exact) mass is 349 g/mol. The average Bonchev–Trinajstić information content (AvgIpc) is 2.42. The molecule has 2 nitrogen and oxygen atoms in total. The van der Waals surface area contributed by atoms with E-state index in [1.54, 1.807) is 18.2 Å². The minimum Gasteiger partial charge on any atom is -0.351 e. The smallest absolute Gasteiger partial charge is 0.251 e. The summed E-state index contributed by atoms with van der Waals surface area (Å²) in [4.78, 5) is 12.1. The van der Waals surface area contributed by atoms with Gasteiger partial charge in [-0.25, -0.2) is 0 Å². The van der Waals surface area contributed by atoms with Crippen LogP contribution in [0.3, 0.4) is 0 Å². The Bertz CT molecular complexity index is 671. The van der Waals surface area contributed by atoms with E-state index < -0.39 is 0 Å². The first-order valence-electron chi connectivity index (χ1n) is 6.46. The highest BCUT2D eigenvalue weighted by molar-refractivity contribution is 9.10. The SMILES string of the molecule is O=C(NCC1Cc2ccccc21)c1ccc(Cl)c(Br)c1. The van der Waals surface area contributed by atoms with Gasteiger partial charge in [-0.3, -0.25) is 4.79 Å². The van der Waals surface area contributed by atoms with Gasteiger partial charge in [0.1, 0.15) is 0 Å². The number of carbonyl (C=O) groups excluding carboxylic acids is 1. The number of amides is 1. The molecule has 0 saturated heterocycles. The molecule has 3 rings (SSSR count). The second-order valence-corrected chi connectivity index (χ2v) is 6.20. The van der Waals surface area contributed by atoms with E-state index >= 15 is 0 Å². The van der Waals surface area contributed by atoms with Crippen LogP contribution >= 0.6 is 27.5 Å². The van der Waals surface area contributed by atoms with Crippen LogP contribution in [0.2, 0.25) is 5.02 Å². The third kappa shape index (κ3) is 2.60. The van der Waals surface area contributed by atoms with Crippen molar-refractivity contribution in [3.63, 3.8) is 0 Å². The van der Waals surface area contributed by atoms with Crippen LogP contribution < -0.4 is 5.32 Å². The second kappa shape index (κ2) is 5.58. The van der Waals surface area contributed by atoms with Gasteiger partial charge >= 0.3 is 0 Å². The summed E-state index contributed by atoms with van der Waals surface area (Å²) in [6.45, 7) is 0.677. The average molecular weight is 351 g/mol. The van der Waals surface area contributed by atoms with Gasteiger partial charge < -0.3 is 5.32 Å². The third-order valence-electron chi connectivity index (χ3n) is 3.65. The van der Waals surface area contributed by atoms with E-state index in [0.717, 1.165) is 10.9 Å². The predicted molar refractivity (Wildman–Crippen MR) is 84.4 cm³/mol. The molecule has 0 saturated carbocycles. The molecule has 4 heteroatoms. The number of nitrogens with one attached hydrogen (secondary N) is 1. The summed E-state index contributed by atoms with van der Waals surface area (Å²) in [5.41, 5.74) is 3.36. The summed E-state index contributed by atoms with van der Waals surface area (Å²) in [6, 6.07) is 13.6. The minimum atomic E-state index is -0.0632. The molecule has 0 heterocycles. The lowest BCUT2D eigenvalue weighted by molar-refractivity contribution is 0.0950. The minimum absolute atomic E-state index is 0.0632. The van der Waals surface area contributed by atoms with Crippen molar-refractivity contribution in [2.75, 3.05) is 6.54 Å². The van der Waals surface area contributed by atoms with Crippen LogP contribution in [-0.4, -0.2) is 12.5 Å². The van der Waals surface area contributed by atoms with Crippen LogP contribution in [0.25, 0.3) is 0 Å². The van der Waals surface area contributed by atoms with Gasteiger partial charge in [0.15, 0.2) is 0 Å². The van der Waals surface area contributed by atoms with E-state index in [1.807, 2.05) is 6.07 Å². The summed E-state index contributed by atoms with van der Waals surface area (Å²) < 4.78 is 0.737. The molecular weight excluding hydrogens is 338 g/mol. The van der Waals surface area contributed by atoms with E-state index in [2.05, 4.69) is 39.4 Å². The van der Waals surface area contributed by atoms with Crippen LogP contribution in [0, 0.1) is 0 Å². The maximum atomic E-state index is 12.1. The molecule has 0 bridgehead atoms. The van der Waals surface area contributed by atoms with Crippen molar-refractivity contribution in [1.82, 2.24) is 5.32 Å². The van der Waals surface area contributed by atoms with Gasteiger partial charge in [0.2, 0.25) is 0 Å². The topological polar surface area (TPSA) is 29.1 Å². The highest BCUT2D eigenvalue weighted by Gasteiger charge is 2.25. The highest BCUT2D eigenvalue weighted by Crippen LogP contribution is 2.34. The number of halogens is 2. The largest absolute Gasteiger partial charge is 0.351 e. The van der Waals surface area contributed by atoms with Gasteiger partial charge in [0, 0.05) is 22.5 Å². The zero-order valence-corrected chi connectivity index (χ0v) is 13.0. The first-order chi connectivity index (χ1) is 9.65. The van der Waals surface area contributed by atoms with Crippen LogP contribution in [0.5, 0.6) is 0 Å². The molecule has 1 unspecified atom stereocenters. The number of rotatable bonds is 3. The van der Waals surface area contributed by atoms with Gasteiger partial charge in [0.05, 0.1) is 5.02 Å². The fraction of sp³-hybridized carbons (Fsp3) is 0.188. The van der Waals surface area contributed by atoms with E-state index in [0.29, 0.717) is 23.0 Å². The lowest BCUT2D eigenvalue weighted by Crippen LogP contribution is -2.33. The Morgan fingerprint density at radius 2 is 2.10 bits per heavy atom. The van der Waals surface area contributed by atoms with Crippen molar-refractivity contribution in [2.24, 2.45) is 0 Å². The summed E-state index contributed by atoms with van der Waals surface area (Å²) in [5, 5.41) is 3.59. The van der Waals surface area contributed by atoms with E-state index in [9.17, 15) is 4.79 Å². The van der Waals surface area contributed by atoms with Gasteiger partial charge in [-0.1, -0.05) is 35.9 Å². The molecule has 2 aromatic carbocycles. The van der Waals surface area contributed by atoms with Crippen LogP contribution in [0.4, 0.5) is 0 Å². The van der Waals surface area contributed by atoms with Crippen molar-refractivity contribution in [3.8, 4) is 0 Å². The van der Waals surface area contributed by atoms with Crippen LogP contribution in [0.15, 0.2) is 46.9 Å². The van der Waals surface area contributed by atoms with E-state index in [4.69, 9.17) is 11.6 Å². The van der Waals surface area contributed by atoms with Crippen molar-refractivity contribution < 1.29 is 4.79 Å². The van der Waals surface area contributed by atoms with Gasteiger partial charge in [0.25, 0.3) is 5.91 Å². The van der Waals surface area contributed by atoms with Crippen molar-refractivity contribution in [1.29, 1.82) is 0 Å². The number of hydrogen-bond donors (Lipinski definition) is 1. The number of hydrogen-bond acceptors (Lipinski definition) is 1. The molecule has 1 amide bonds. The van der Waals surface area contributed by atoms with Gasteiger partial charge in [-0.2, -0.15) is 0 Å². The number of benzene rings is 2. The predicted octanol–water partition coefficient (Wildman–Crippen LogP) is 4.17. The summed E-state index contributed by atoms with van der Waals surface area (Å²) in [5.74, 6) is 0.373. The lowest BCUT2D eigenvalue weighted by atomic mass is 9.77. The molecule has 0 aliphatic heterocycles. The molecule has 1 aliphatic carbocycles. The molecule has 1 N–H and O–H groups in total. The quantitative estimate of drug-likeness (QED) is 0.884. The van der Waals surface area contributed by atoms with Gasteiger partial charge in [-0.05, 0) is 51.7 Å². The Morgan fingerprint density at radius 1 is 1.30 bits per heavy atom. The summed E-state index contributed by atoms with van der Waals surface area (Å²) in [7, 11) is 0. The number of carbonyl (C=O) groups is 1. The van der Waals surface area contributed by atoms with Crippen LogP contribution in [0.1, 0.15) is 27.4 Å². The summed E-state index contributed by atoms with van der Waals surface area (Å²) >= 11 is 9.25.